The van der Waals surface area contributed by atoms with E-state index in [4.69, 9.17) is 0 Å². The molecule has 1 rings (SSSR count). The maximum atomic E-state index is 4.01. The second kappa shape index (κ2) is 3.60. The van der Waals surface area contributed by atoms with Crippen LogP contribution in [0.1, 0.15) is 33.1 Å². The molecule has 1 fully saturated rings. The molecule has 0 nitrogen and oxygen atoms in total. The van der Waals surface area contributed by atoms with E-state index in [-0.39, 0.29) is 0 Å². The molecule has 58 valence electrons. The summed E-state index contributed by atoms with van der Waals surface area (Å²) in [4.78, 5) is 0. The fourth-order valence-corrected chi connectivity index (χ4v) is 1.26. The molecule has 0 bridgehead atoms. The van der Waals surface area contributed by atoms with Crippen LogP contribution in [0.25, 0.3) is 0 Å². The van der Waals surface area contributed by atoms with Crippen molar-refractivity contribution in [2.45, 2.75) is 33.1 Å². The van der Waals surface area contributed by atoms with Gasteiger partial charge in [-0.3, -0.25) is 0 Å². The third-order valence-electron chi connectivity index (χ3n) is 2.24. The van der Waals surface area contributed by atoms with E-state index in [1.165, 1.54) is 24.8 Å². The summed E-state index contributed by atoms with van der Waals surface area (Å²) in [6.07, 6.45) is 3.95. The fraction of sp³-hybridized carbons (Fsp3) is 0.600. The van der Waals surface area contributed by atoms with Crippen LogP contribution in [0, 0.1) is 5.41 Å². The lowest BCUT2D eigenvalue weighted by Crippen LogP contribution is -2.05. The van der Waals surface area contributed by atoms with Gasteiger partial charge in [-0.25, -0.2) is 0 Å². The Morgan fingerprint density at radius 2 is 1.80 bits per heavy atom. The molecule has 0 aromatic carbocycles. The van der Waals surface area contributed by atoms with Crippen LogP contribution in [0.15, 0.2) is 25.3 Å². The zero-order valence-corrected chi connectivity index (χ0v) is 7.24. The minimum atomic E-state index is 0.458. The number of hydrogen-bond donors (Lipinski definition) is 0. The van der Waals surface area contributed by atoms with Gasteiger partial charge in [-0.1, -0.05) is 26.0 Å². The average molecular weight is 138 g/mol. The summed E-state index contributed by atoms with van der Waals surface area (Å²) in [6, 6.07) is 0. The van der Waals surface area contributed by atoms with Crippen LogP contribution < -0.4 is 0 Å². The van der Waals surface area contributed by atoms with Crippen LogP contribution in [0.3, 0.4) is 0 Å². The summed E-state index contributed by atoms with van der Waals surface area (Å²) in [7, 11) is 0. The Morgan fingerprint density at radius 1 is 1.30 bits per heavy atom. The van der Waals surface area contributed by atoms with Crippen LogP contribution in [-0.4, -0.2) is 0 Å². The molecule has 0 N–H and O–H groups in total. The number of allylic oxidation sites excluding steroid dienone is 1. The Hall–Kier alpha value is -0.520. The van der Waals surface area contributed by atoms with Crippen molar-refractivity contribution in [1.29, 1.82) is 0 Å². The monoisotopic (exact) mass is 138 g/mol. The molecule has 0 aliphatic heterocycles. The summed E-state index contributed by atoms with van der Waals surface area (Å²) >= 11 is 0. The van der Waals surface area contributed by atoms with Crippen molar-refractivity contribution >= 4 is 0 Å². The molecule has 1 aliphatic rings. The summed E-state index contributed by atoms with van der Waals surface area (Å²) in [5.74, 6) is 0. The molecule has 0 heterocycles. The first-order valence-corrected chi connectivity index (χ1v) is 3.81. The van der Waals surface area contributed by atoms with E-state index < -0.39 is 0 Å². The lowest BCUT2D eigenvalue weighted by Gasteiger charge is -2.17. The van der Waals surface area contributed by atoms with Crippen LogP contribution in [-0.2, 0) is 0 Å². The van der Waals surface area contributed by atoms with Crippen LogP contribution in [0.4, 0.5) is 0 Å². The van der Waals surface area contributed by atoms with Gasteiger partial charge in [0.2, 0.25) is 0 Å². The maximum Gasteiger partial charge on any atom is -0.0147 e. The topological polar surface area (TPSA) is 0 Å². The molecule has 0 spiro atoms. The third-order valence-corrected chi connectivity index (χ3v) is 2.24. The predicted octanol–water partition coefficient (Wildman–Crippen LogP) is 3.55. The predicted molar refractivity (Wildman–Crippen MR) is 48.0 cm³/mol. The standard InChI is InChI=1S/C8H14.C2H4/c1-7-5-4-6-8(7,2)3;1-2/h1,4-6H2,2-3H3;1-2H2. The largest absolute Gasteiger partial charge is 0.106 e. The lowest BCUT2D eigenvalue weighted by molar-refractivity contribution is 0.463. The molecule has 0 atom stereocenters. The van der Waals surface area contributed by atoms with Crippen molar-refractivity contribution in [3.8, 4) is 0 Å². The van der Waals surface area contributed by atoms with E-state index in [2.05, 4.69) is 33.6 Å². The van der Waals surface area contributed by atoms with Crippen molar-refractivity contribution in [3.05, 3.63) is 25.3 Å². The van der Waals surface area contributed by atoms with Gasteiger partial charge in [-0.15, -0.1) is 13.2 Å². The van der Waals surface area contributed by atoms with Crippen LogP contribution in [0.2, 0.25) is 0 Å². The van der Waals surface area contributed by atoms with Gasteiger partial charge < -0.3 is 0 Å². The molecule has 0 heteroatoms. The second-order valence-corrected chi connectivity index (χ2v) is 3.34. The van der Waals surface area contributed by atoms with Crippen molar-refractivity contribution in [2.75, 3.05) is 0 Å². The molecule has 1 aliphatic carbocycles. The fourth-order valence-electron chi connectivity index (χ4n) is 1.26. The van der Waals surface area contributed by atoms with Crippen molar-refractivity contribution in [2.24, 2.45) is 5.41 Å². The van der Waals surface area contributed by atoms with Gasteiger partial charge in [0.25, 0.3) is 0 Å². The summed E-state index contributed by atoms with van der Waals surface area (Å²) in [6.45, 7) is 14.6. The molecule has 0 amide bonds. The highest BCUT2D eigenvalue weighted by Gasteiger charge is 2.26. The first kappa shape index (κ1) is 9.48. The Morgan fingerprint density at radius 3 is 1.90 bits per heavy atom. The molecule has 1 saturated carbocycles. The molecular weight excluding hydrogens is 120 g/mol. The summed E-state index contributed by atoms with van der Waals surface area (Å²) in [5, 5.41) is 0. The highest BCUT2D eigenvalue weighted by atomic mass is 14.3. The lowest BCUT2D eigenvalue weighted by atomic mass is 9.88. The van der Waals surface area contributed by atoms with Gasteiger partial charge in [-0.2, -0.15) is 0 Å². The molecular formula is C10H18. The number of hydrogen-bond acceptors (Lipinski definition) is 0. The summed E-state index contributed by atoms with van der Waals surface area (Å²) in [5.41, 5.74) is 1.90. The van der Waals surface area contributed by atoms with Crippen LogP contribution >= 0.6 is 0 Å². The van der Waals surface area contributed by atoms with E-state index in [1.54, 1.807) is 0 Å². The van der Waals surface area contributed by atoms with Gasteiger partial charge in [0.1, 0.15) is 0 Å². The molecule has 0 saturated heterocycles. The Labute approximate surface area is 64.6 Å². The first-order valence-electron chi connectivity index (χ1n) is 3.81. The normalized spacial score (nSPS) is 21.6. The Balaban J connectivity index is 0.000000371. The quantitative estimate of drug-likeness (QED) is 0.449. The van der Waals surface area contributed by atoms with Crippen molar-refractivity contribution in [3.63, 3.8) is 0 Å². The first-order chi connectivity index (χ1) is 4.63. The van der Waals surface area contributed by atoms with E-state index in [9.17, 15) is 0 Å². The molecule has 10 heavy (non-hydrogen) atoms. The summed E-state index contributed by atoms with van der Waals surface area (Å²) < 4.78 is 0. The highest BCUT2D eigenvalue weighted by Crippen LogP contribution is 2.40. The van der Waals surface area contributed by atoms with E-state index >= 15 is 0 Å². The minimum absolute atomic E-state index is 0.458. The smallest absolute Gasteiger partial charge is 0.0147 e. The second-order valence-electron chi connectivity index (χ2n) is 3.34. The third kappa shape index (κ3) is 2.02. The van der Waals surface area contributed by atoms with Gasteiger partial charge >= 0.3 is 0 Å². The Kier molecular flexibility index (Phi) is 3.41. The molecule has 0 unspecified atom stereocenters. The van der Waals surface area contributed by atoms with Gasteiger partial charge in [0.05, 0.1) is 0 Å². The molecule has 0 radical (unpaired) electrons. The highest BCUT2D eigenvalue weighted by molar-refractivity contribution is 5.11. The van der Waals surface area contributed by atoms with E-state index in [1.807, 2.05) is 0 Å². The Bertz CT molecular complexity index is 120. The van der Waals surface area contributed by atoms with Crippen molar-refractivity contribution < 1.29 is 0 Å². The van der Waals surface area contributed by atoms with E-state index in [0.29, 0.717) is 5.41 Å². The molecule has 0 aromatic heterocycles. The molecule has 0 aromatic rings. The minimum Gasteiger partial charge on any atom is -0.106 e. The van der Waals surface area contributed by atoms with Crippen molar-refractivity contribution in [1.82, 2.24) is 0 Å². The average Bonchev–Trinajstić information content (AvgIpc) is 2.17. The van der Waals surface area contributed by atoms with Gasteiger partial charge in [0.15, 0.2) is 0 Å². The maximum absolute atomic E-state index is 4.01. The van der Waals surface area contributed by atoms with Crippen LogP contribution in [0.5, 0.6) is 0 Å². The number of rotatable bonds is 0. The SMILES string of the molecule is C=C.C=C1CCCC1(C)C. The zero-order valence-electron chi connectivity index (χ0n) is 7.24. The zero-order chi connectivity index (χ0) is 8.20. The van der Waals surface area contributed by atoms with Gasteiger partial charge in [0, 0.05) is 0 Å². The van der Waals surface area contributed by atoms with E-state index in [0.717, 1.165) is 0 Å². The van der Waals surface area contributed by atoms with Gasteiger partial charge in [-0.05, 0) is 24.7 Å².